The molecule has 22 heavy (non-hydrogen) atoms. The quantitative estimate of drug-likeness (QED) is 0.920. The predicted molar refractivity (Wildman–Crippen MR) is 88.2 cm³/mol. The number of rotatable bonds is 5. The molecule has 1 atom stereocenters. The van der Waals surface area contributed by atoms with E-state index in [2.05, 4.69) is 34.2 Å². The lowest BCUT2D eigenvalue weighted by Crippen LogP contribution is -2.34. The summed E-state index contributed by atoms with van der Waals surface area (Å²) >= 11 is 0. The Labute approximate surface area is 132 Å². The van der Waals surface area contributed by atoms with Gasteiger partial charge in [0.05, 0.1) is 13.3 Å². The number of hydrogen-bond acceptors (Lipinski definition) is 3. The van der Waals surface area contributed by atoms with Gasteiger partial charge in [-0.05, 0) is 49.1 Å². The van der Waals surface area contributed by atoms with Crippen LogP contribution in [0.4, 0.5) is 0 Å². The van der Waals surface area contributed by atoms with Crippen LogP contribution in [0.25, 0.3) is 0 Å². The molecule has 1 N–H and O–H groups in total. The van der Waals surface area contributed by atoms with Gasteiger partial charge in [-0.25, -0.2) is 0 Å². The molecule has 0 aliphatic carbocycles. The monoisotopic (exact) mass is 299 g/mol. The number of methoxy groups -OCH3 is 1. The van der Waals surface area contributed by atoms with Crippen LogP contribution in [0, 0.1) is 0 Å². The highest BCUT2D eigenvalue weighted by Gasteiger charge is 2.24. The average molecular weight is 299 g/mol. The van der Waals surface area contributed by atoms with E-state index in [1.54, 1.807) is 7.11 Å². The number of aromatic amines is 1. The number of benzene rings is 1. The fourth-order valence-corrected chi connectivity index (χ4v) is 3.38. The molecule has 1 unspecified atom stereocenters. The average Bonchev–Trinajstić information content (AvgIpc) is 3.04. The van der Waals surface area contributed by atoms with E-state index in [-0.39, 0.29) is 0 Å². The van der Waals surface area contributed by atoms with E-state index >= 15 is 0 Å². The minimum Gasteiger partial charge on any atom is -0.497 e. The van der Waals surface area contributed by atoms with Crippen molar-refractivity contribution in [1.82, 2.24) is 15.1 Å². The van der Waals surface area contributed by atoms with Gasteiger partial charge < -0.3 is 4.74 Å². The van der Waals surface area contributed by atoms with Crippen LogP contribution in [0.1, 0.15) is 42.5 Å². The van der Waals surface area contributed by atoms with Crippen molar-refractivity contribution in [3.63, 3.8) is 0 Å². The summed E-state index contributed by atoms with van der Waals surface area (Å²) in [5.41, 5.74) is 4.07. The molecular weight excluding hydrogens is 274 g/mol. The molecule has 0 bridgehead atoms. The standard InChI is InChI=1S/C18H25N3O/c1-3-15-11-19-20-18(15)16-5-4-10-21(13-16)12-14-6-8-17(22-2)9-7-14/h6-9,11,16H,3-5,10,12-13H2,1-2H3,(H,19,20). The highest BCUT2D eigenvalue weighted by Crippen LogP contribution is 2.29. The molecule has 4 nitrogen and oxygen atoms in total. The Hall–Kier alpha value is -1.81. The maximum Gasteiger partial charge on any atom is 0.118 e. The Bertz CT molecular complexity index is 591. The van der Waals surface area contributed by atoms with Crippen LogP contribution < -0.4 is 4.74 Å². The molecule has 2 aromatic rings. The molecule has 1 aromatic heterocycles. The van der Waals surface area contributed by atoms with Crippen molar-refractivity contribution in [2.24, 2.45) is 0 Å². The summed E-state index contributed by atoms with van der Waals surface area (Å²) < 4.78 is 5.23. The molecule has 1 aliphatic heterocycles. The number of ether oxygens (including phenoxy) is 1. The van der Waals surface area contributed by atoms with Crippen molar-refractivity contribution in [1.29, 1.82) is 0 Å². The molecule has 1 fully saturated rings. The summed E-state index contributed by atoms with van der Waals surface area (Å²) in [4.78, 5) is 2.55. The number of piperidine rings is 1. The van der Waals surface area contributed by atoms with Crippen molar-refractivity contribution >= 4 is 0 Å². The number of hydrogen-bond donors (Lipinski definition) is 1. The minimum absolute atomic E-state index is 0.587. The molecule has 0 amide bonds. The zero-order valence-electron chi connectivity index (χ0n) is 13.5. The zero-order chi connectivity index (χ0) is 15.4. The van der Waals surface area contributed by atoms with Crippen molar-refractivity contribution in [2.75, 3.05) is 20.2 Å². The first-order valence-electron chi connectivity index (χ1n) is 8.17. The molecule has 4 heteroatoms. The van der Waals surface area contributed by atoms with Gasteiger partial charge >= 0.3 is 0 Å². The molecule has 0 spiro atoms. The molecule has 2 heterocycles. The van der Waals surface area contributed by atoms with Gasteiger partial charge in [-0.3, -0.25) is 10.00 Å². The Morgan fingerprint density at radius 3 is 2.86 bits per heavy atom. The number of likely N-dealkylation sites (tertiary alicyclic amines) is 1. The summed E-state index contributed by atoms with van der Waals surface area (Å²) in [6.45, 7) is 5.50. The van der Waals surface area contributed by atoms with E-state index in [0.29, 0.717) is 5.92 Å². The maximum absolute atomic E-state index is 5.23. The third kappa shape index (κ3) is 3.33. The van der Waals surface area contributed by atoms with Gasteiger partial charge in [0.25, 0.3) is 0 Å². The lowest BCUT2D eigenvalue weighted by atomic mass is 9.92. The molecule has 0 saturated carbocycles. The van der Waals surface area contributed by atoms with Crippen LogP contribution in [-0.2, 0) is 13.0 Å². The SMILES string of the molecule is CCc1cn[nH]c1C1CCCN(Cc2ccc(OC)cc2)C1. The summed E-state index contributed by atoms with van der Waals surface area (Å²) in [7, 11) is 1.71. The molecule has 3 rings (SSSR count). The van der Waals surface area contributed by atoms with Gasteiger partial charge in [-0.15, -0.1) is 0 Å². The van der Waals surface area contributed by atoms with Crippen molar-refractivity contribution in [2.45, 2.75) is 38.6 Å². The number of aryl methyl sites for hydroxylation is 1. The second-order valence-electron chi connectivity index (χ2n) is 6.08. The van der Waals surface area contributed by atoms with Crippen LogP contribution in [0.3, 0.4) is 0 Å². The van der Waals surface area contributed by atoms with E-state index in [0.717, 1.165) is 25.3 Å². The first-order valence-corrected chi connectivity index (χ1v) is 8.17. The molecule has 1 aromatic carbocycles. The minimum atomic E-state index is 0.587. The van der Waals surface area contributed by atoms with Crippen LogP contribution in [0.15, 0.2) is 30.5 Å². The van der Waals surface area contributed by atoms with Crippen LogP contribution in [0.5, 0.6) is 5.75 Å². The largest absolute Gasteiger partial charge is 0.497 e. The van der Waals surface area contributed by atoms with Crippen LogP contribution in [0.2, 0.25) is 0 Å². The number of aromatic nitrogens is 2. The topological polar surface area (TPSA) is 41.2 Å². The highest BCUT2D eigenvalue weighted by molar-refractivity contribution is 5.27. The summed E-state index contributed by atoms with van der Waals surface area (Å²) in [5, 5.41) is 7.47. The smallest absolute Gasteiger partial charge is 0.118 e. The fourth-order valence-electron chi connectivity index (χ4n) is 3.38. The molecule has 0 radical (unpaired) electrons. The Morgan fingerprint density at radius 2 is 2.14 bits per heavy atom. The lowest BCUT2D eigenvalue weighted by molar-refractivity contribution is 0.198. The number of H-pyrrole nitrogens is 1. The van der Waals surface area contributed by atoms with Crippen molar-refractivity contribution in [3.05, 3.63) is 47.3 Å². The highest BCUT2D eigenvalue weighted by atomic mass is 16.5. The molecule has 1 saturated heterocycles. The summed E-state index contributed by atoms with van der Waals surface area (Å²) in [6, 6.07) is 8.41. The second kappa shape index (κ2) is 6.97. The first kappa shape index (κ1) is 15.1. The van der Waals surface area contributed by atoms with Gasteiger partial charge in [0.2, 0.25) is 0 Å². The van der Waals surface area contributed by atoms with E-state index in [1.165, 1.54) is 36.2 Å². The third-order valence-electron chi connectivity index (χ3n) is 4.61. The second-order valence-corrected chi connectivity index (χ2v) is 6.08. The summed E-state index contributed by atoms with van der Waals surface area (Å²) in [5.74, 6) is 1.51. The van der Waals surface area contributed by atoms with Crippen molar-refractivity contribution in [3.8, 4) is 5.75 Å². The van der Waals surface area contributed by atoms with Gasteiger partial charge in [0.1, 0.15) is 5.75 Å². The fraction of sp³-hybridized carbons (Fsp3) is 0.500. The lowest BCUT2D eigenvalue weighted by Gasteiger charge is -2.32. The number of nitrogens with zero attached hydrogens (tertiary/aromatic N) is 2. The normalized spacial score (nSPS) is 19.3. The van der Waals surface area contributed by atoms with Gasteiger partial charge in [0.15, 0.2) is 0 Å². The van der Waals surface area contributed by atoms with E-state index < -0.39 is 0 Å². The molecule has 1 aliphatic rings. The van der Waals surface area contributed by atoms with Gasteiger partial charge in [0, 0.05) is 24.7 Å². The number of nitrogens with one attached hydrogen (secondary N) is 1. The maximum atomic E-state index is 5.23. The molecular formula is C18H25N3O. The van der Waals surface area contributed by atoms with E-state index in [1.807, 2.05) is 18.3 Å². The first-order chi connectivity index (χ1) is 10.8. The van der Waals surface area contributed by atoms with Gasteiger partial charge in [-0.2, -0.15) is 5.10 Å². The van der Waals surface area contributed by atoms with Gasteiger partial charge in [-0.1, -0.05) is 19.1 Å². The van der Waals surface area contributed by atoms with E-state index in [4.69, 9.17) is 4.74 Å². The summed E-state index contributed by atoms with van der Waals surface area (Å²) in [6.07, 6.45) is 5.55. The van der Waals surface area contributed by atoms with Crippen LogP contribution in [-0.4, -0.2) is 35.3 Å². The zero-order valence-corrected chi connectivity index (χ0v) is 13.5. The van der Waals surface area contributed by atoms with Crippen LogP contribution >= 0.6 is 0 Å². The Morgan fingerprint density at radius 1 is 1.32 bits per heavy atom. The molecule has 118 valence electrons. The van der Waals surface area contributed by atoms with Crippen molar-refractivity contribution < 1.29 is 4.74 Å². The Balaban J connectivity index is 1.65. The third-order valence-corrected chi connectivity index (χ3v) is 4.61. The Kier molecular flexibility index (Phi) is 4.78. The predicted octanol–water partition coefficient (Wildman–Crippen LogP) is 3.36. The van der Waals surface area contributed by atoms with E-state index in [9.17, 15) is 0 Å².